The fourth-order valence-corrected chi connectivity index (χ4v) is 2.51. The van der Waals surface area contributed by atoms with Crippen LogP contribution in [0, 0.1) is 5.41 Å². The molecule has 1 aliphatic rings. The van der Waals surface area contributed by atoms with E-state index in [9.17, 15) is 4.79 Å². The molecule has 1 saturated heterocycles. The molecule has 0 radical (unpaired) electrons. The highest BCUT2D eigenvalue weighted by atomic mass is 16.5. The summed E-state index contributed by atoms with van der Waals surface area (Å²) in [4.78, 5) is 12.4. The number of carbonyl (C=O) groups excluding carboxylic acids is 1. The van der Waals surface area contributed by atoms with Gasteiger partial charge in [-0.25, -0.2) is 0 Å². The number of aryl methyl sites for hydroxylation is 2. The zero-order chi connectivity index (χ0) is 13.0. The smallest absolute Gasteiger partial charge is 0.140 e. The van der Waals surface area contributed by atoms with Crippen LogP contribution in [-0.4, -0.2) is 35.3 Å². The van der Waals surface area contributed by atoms with Gasteiger partial charge in [0.05, 0.1) is 0 Å². The molecular weight excluding hydrogens is 230 g/mol. The largest absolute Gasteiger partial charge is 0.381 e. The van der Waals surface area contributed by atoms with Gasteiger partial charge in [-0.15, -0.1) is 0 Å². The lowest BCUT2D eigenvalue weighted by molar-refractivity contribution is -0.133. The molecule has 0 saturated carbocycles. The molecule has 2 rings (SSSR count). The number of ether oxygens (including phenoxy) is 1. The summed E-state index contributed by atoms with van der Waals surface area (Å²) in [5.74, 6) is 0.273. The van der Waals surface area contributed by atoms with Crippen LogP contribution in [0.2, 0.25) is 0 Å². The highest BCUT2D eigenvalue weighted by Gasteiger charge is 2.37. The summed E-state index contributed by atoms with van der Waals surface area (Å²) in [5, 5.41) is 4.11. The van der Waals surface area contributed by atoms with Gasteiger partial charge in [0.2, 0.25) is 0 Å². The molecule has 0 unspecified atom stereocenters. The molecule has 18 heavy (non-hydrogen) atoms. The number of nitrogens with zero attached hydrogens (tertiary/aromatic N) is 2. The number of ketones is 1. The van der Waals surface area contributed by atoms with E-state index in [1.165, 1.54) is 0 Å². The molecule has 0 aromatic carbocycles. The van der Waals surface area contributed by atoms with Gasteiger partial charge in [-0.2, -0.15) is 5.10 Å². The van der Waals surface area contributed by atoms with E-state index in [1.807, 2.05) is 17.8 Å². The van der Waals surface area contributed by atoms with Gasteiger partial charge in [0.1, 0.15) is 5.78 Å². The Hall–Kier alpha value is -1.20. The average molecular weight is 251 g/mol. The summed E-state index contributed by atoms with van der Waals surface area (Å²) >= 11 is 0. The van der Waals surface area contributed by atoms with Crippen molar-refractivity contribution < 1.29 is 9.53 Å². The maximum atomic E-state index is 12.4. The fourth-order valence-electron chi connectivity index (χ4n) is 2.51. The summed E-state index contributed by atoms with van der Waals surface area (Å²) in [5.41, 5.74) is 6.56. The van der Waals surface area contributed by atoms with E-state index in [2.05, 4.69) is 5.10 Å². The minimum atomic E-state index is -0.350. The first-order chi connectivity index (χ1) is 8.68. The Morgan fingerprint density at radius 1 is 1.56 bits per heavy atom. The molecular formula is C13H21N3O2. The van der Waals surface area contributed by atoms with Crippen molar-refractivity contribution in [2.45, 2.75) is 25.7 Å². The van der Waals surface area contributed by atoms with E-state index in [1.54, 1.807) is 6.20 Å². The lowest BCUT2D eigenvalue weighted by Gasteiger charge is -2.34. The van der Waals surface area contributed by atoms with Gasteiger partial charge in [-0.1, -0.05) is 0 Å². The van der Waals surface area contributed by atoms with Crippen molar-refractivity contribution in [1.29, 1.82) is 0 Å². The van der Waals surface area contributed by atoms with Crippen molar-refractivity contribution >= 4 is 5.78 Å². The molecule has 1 aliphatic heterocycles. The van der Waals surface area contributed by atoms with Crippen LogP contribution in [0.15, 0.2) is 12.3 Å². The van der Waals surface area contributed by atoms with Gasteiger partial charge in [-0.3, -0.25) is 9.48 Å². The predicted octanol–water partition coefficient (Wildman–Crippen LogP) is 0.677. The molecule has 1 aromatic rings. The topological polar surface area (TPSA) is 70.1 Å². The zero-order valence-corrected chi connectivity index (χ0v) is 10.9. The van der Waals surface area contributed by atoms with Crippen molar-refractivity contribution in [1.82, 2.24) is 9.78 Å². The number of aromatic nitrogens is 2. The molecule has 0 bridgehead atoms. The van der Waals surface area contributed by atoms with E-state index in [-0.39, 0.29) is 11.2 Å². The quantitative estimate of drug-likeness (QED) is 0.835. The van der Waals surface area contributed by atoms with Crippen LogP contribution >= 0.6 is 0 Å². The summed E-state index contributed by atoms with van der Waals surface area (Å²) in [6, 6.07) is 1.95. The zero-order valence-electron chi connectivity index (χ0n) is 10.9. The summed E-state index contributed by atoms with van der Waals surface area (Å²) in [6.45, 7) is 1.73. The van der Waals surface area contributed by atoms with Crippen LogP contribution in [-0.2, 0) is 23.0 Å². The Bertz CT molecular complexity index is 408. The second-order valence-electron chi connectivity index (χ2n) is 4.97. The number of hydrogen-bond donors (Lipinski definition) is 1. The van der Waals surface area contributed by atoms with Crippen molar-refractivity contribution in [2.75, 3.05) is 19.8 Å². The molecule has 0 spiro atoms. The van der Waals surface area contributed by atoms with Crippen molar-refractivity contribution in [3.05, 3.63) is 18.0 Å². The molecule has 0 amide bonds. The molecule has 0 aliphatic carbocycles. The van der Waals surface area contributed by atoms with Crippen LogP contribution in [0.4, 0.5) is 0 Å². The number of rotatable bonds is 5. The molecule has 2 N–H and O–H groups in total. The van der Waals surface area contributed by atoms with Gasteiger partial charge >= 0.3 is 0 Å². The van der Waals surface area contributed by atoms with Gasteiger partial charge in [0.15, 0.2) is 0 Å². The van der Waals surface area contributed by atoms with Crippen molar-refractivity contribution in [3.8, 4) is 0 Å². The van der Waals surface area contributed by atoms with Crippen molar-refractivity contribution in [3.63, 3.8) is 0 Å². The molecule has 5 heteroatoms. The van der Waals surface area contributed by atoms with Gasteiger partial charge in [0.25, 0.3) is 0 Å². The van der Waals surface area contributed by atoms with Crippen LogP contribution in [0.25, 0.3) is 0 Å². The number of carbonyl (C=O) groups is 1. The molecule has 5 nitrogen and oxygen atoms in total. The number of nitrogens with two attached hydrogens (primary N) is 1. The number of Topliss-reactive ketones (excluding diaryl/α,β-unsaturated/α-hetero) is 1. The third kappa shape index (κ3) is 2.62. The maximum Gasteiger partial charge on any atom is 0.140 e. The first kappa shape index (κ1) is 13.2. The van der Waals surface area contributed by atoms with Crippen LogP contribution < -0.4 is 5.73 Å². The van der Waals surface area contributed by atoms with E-state index < -0.39 is 0 Å². The minimum Gasteiger partial charge on any atom is -0.381 e. The van der Waals surface area contributed by atoms with Gasteiger partial charge in [-0.05, 0) is 25.3 Å². The first-order valence-corrected chi connectivity index (χ1v) is 6.46. The third-order valence-corrected chi connectivity index (χ3v) is 3.96. The normalized spacial score (nSPS) is 18.8. The Kier molecular flexibility index (Phi) is 4.14. The number of hydrogen-bond acceptors (Lipinski definition) is 4. The summed E-state index contributed by atoms with van der Waals surface area (Å²) < 4.78 is 7.14. The van der Waals surface area contributed by atoms with E-state index >= 15 is 0 Å². The standard InChI is InChI=1S/C13H21N3O2/c1-16-11(4-7-15-16)2-3-12(17)13(10-14)5-8-18-9-6-13/h4,7H,2-3,5-6,8-10,14H2,1H3. The lowest BCUT2D eigenvalue weighted by Crippen LogP contribution is -2.43. The second-order valence-corrected chi connectivity index (χ2v) is 4.97. The SMILES string of the molecule is Cn1nccc1CCC(=O)C1(CN)CCOCC1. The van der Waals surface area contributed by atoms with Crippen LogP contribution in [0.1, 0.15) is 25.0 Å². The van der Waals surface area contributed by atoms with E-state index in [0.29, 0.717) is 26.2 Å². The Morgan fingerprint density at radius 2 is 2.28 bits per heavy atom. The molecule has 1 fully saturated rings. The first-order valence-electron chi connectivity index (χ1n) is 6.46. The Balaban J connectivity index is 1.96. The Labute approximate surface area is 107 Å². The van der Waals surface area contributed by atoms with Gasteiger partial charge < -0.3 is 10.5 Å². The minimum absolute atomic E-state index is 0.273. The molecule has 1 aromatic heterocycles. The highest BCUT2D eigenvalue weighted by Crippen LogP contribution is 2.31. The van der Waals surface area contributed by atoms with E-state index in [4.69, 9.17) is 10.5 Å². The molecule has 100 valence electrons. The maximum absolute atomic E-state index is 12.4. The van der Waals surface area contributed by atoms with Crippen LogP contribution in [0.3, 0.4) is 0 Å². The Morgan fingerprint density at radius 3 is 2.83 bits per heavy atom. The molecule has 2 heterocycles. The monoisotopic (exact) mass is 251 g/mol. The highest BCUT2D eigenvalue weighted by molar-refractivity contribution is 5.85. The van der Waals surface area contributed by atoms with Crippen LogP contribution in [0.5, 0.6) is 0 Å². The van der Waals surface area contributed by atoms with E-state index in [0.717, 1.165) is 25.0 Å². The summed E-state index contributed by atoms with van der Waals surface area (Å²) in [6.07, 6.45) is 4.54. The fraction of sp³-hybridized carbons (Fsp3) is 0.692. The second kappa shape index (κ2) is 5.63. The van der Waals surface area contributed by atoms with Crippen molar-refractivity contribution in [2.24, 2.45) is 18.2 Å². The lowest BCUT2D eigenvalue weighted by atomic mass is 9.75. The average Bonchev–Trinajstić information content (AvgIpc) is 2.82. The molecule has 0 atom stereocenters. The predicted molar refractivity (Wildman–Crippen MR) is 68.1 cm³/mol. The third-order valence-electron chi connectivity index (χ3n) is 3.96. The summed E-state index contributed by atoms with van der Waals surface area (Å²) in [7, 11) is 1.90. The van der Waals surface area contributed by atoms with Gasteiger partial charge in [0, 0.05) is 50.5 Å².